The van der Waals surface area contributed by atoms with E-state index in [1.165, 1.54) is 11.6 Å². The molecule has 2 aliphatic rings. The average Bonchev–Trinajstić information content (AvgIpc) is 3.00. The van der Waals surface area contributed by atoms with Crippen molar-refractivity contribution in [3.63, 3.8) is 0 Å². The number of hydrogen-bond acceptors (Lipinski definition) is 9. The van der Waals surface area contributed by atoms with E-state index >= 15 is 0 Å². The van der Waals surface area contributed by atoms with Gasteiger partial charge in [0.25, 0.3) is 0 Å². The lowest BCUT2D eigenvalue weighted by Crippen LogP contribution is -2.52. The minimum absolute atomic E-state index is 0.179. The van der Waals surface area contributed by atoms with Crippen molar-refractivity contribution in [2.45, 2.75) is 18.8 Å². The van der Waals surface area contributed by atoms with Gasteiger partial charge in [-0.05, 0) is 17.7 Å². The number of aliphatic carboxylic acids is 4. The van der Waals surface area contributed by atoms with E-state index in [1.807, 2.05) is 11.0 Å². The van der Waals surface area contributed by atoms with Gasteiger partial charge < -0.3 is 30.1 Å². The van der Waals surface area contributed by atoms with E-state index in [2.05, 4.69) is 39.0 Å². The van der Waals surface area contributed by atoms with Crippen molar-refractivity contribution in [3.05, 3.63) is 84.1 Å². The highest BCUT2D eigenvalue weighted by Crippen LogP contribution is 2.29. The maximum Gasteiger partial charge on any atom is 0.417 e. The molecular weight excluding hydrogens is 617 g/mol. The fourth-order valence-corrected chi connectivity index (χ4v) is 4.35. The van der Waals surface area contributed by atoms with Crippen molar-refractivity contribution in [2.75, 3.05) is 57.3 Å². The summed E-state index contributed by atoms with van der Waals surface area (Å²) < 4.78 is 44.1. The third-order valence-corrected chi connectivity index (χ3v) is 6.44. The molecule has 1 unspecified atom stereocenters. The Labute approximate surface area is 262 Å². The number of carbonyl (C=O) groups is 4. The SMILES string of the molecule is FC(F)(F)c1ccc(N2CCN(CC3CN(Cc4ccccc4)CCO3)CC2)nc1.O=C(O)/C=C/C(=O)O.O=C(O)/C=C/C(=O)O. The number of ether oxygens (including phenoxy) is 1. The van der Waals surface area contributed by atoms with E-state index in [1.54, 1.807) is 0 Å². The predicted octanol–water partition coefficient (Wildman–Crippen LogP) is 2.55. The molecular formula is C30H35F3N4O9. The molecule has 0 aliphatic carbocycles. The molecule has 16 heteroatoms. The maximum atomic E-state index is 12.7. The molecule has 1 atom stereocenters. The van der Waals surface area contributed by atoms with E-state index in [0.29, 0.717) is 30.1 Å². The summed E-state index contributed by atoms with van der Waals surface area (Å²) in [6, 6.07) is 13.0. The van der Waals surface area contributed by atoms with Gasteiger partial charge in [0, 0.05) is 82.9 Å². The molecule has 1 aromatic heterocycles. The van der Waals surface area contributed by atoms with Crippen molar-refractivity contribution < 1.29 is 57.5 Å². The summed E-state index contributed by atoms with van der Waals surface area (Å²) in [7, 11) is 0. The number of morpholine rings is 1. The van der Waals surface area contributed by atoms with Gasteiger partial charge >= 0.3 is 30.1 Å². The summed E-state index contributed by atoms with van der Waals surface area (Å²) in [5.74, 6) is -4.43. The van der Waals surface area contributed by atoms with Gasteiger partial charge in [0.2, 0.25) is 0 Å². The first kappa shape index (κ1) is 37.4. The Morgan fingerprint density at radius 2 is 1.33 bits per heavy atom. The summed E-state index contributed by atoms with van der Waals surface area (Å²) in [4.78, 5) is 49.1. The molecule has 0 bridgehead atoms. The highest BCUT2D eigenvalue weighted by molar-refractivity contribution is 5.90. The van der Waals surface area contributed by atoms with Gasteiger partial charge in [0.05, 0.1) is 18.3 Å². The van der Waals surface area contributed by atoms with Crippen LogP contribution in [0.3, 0.4) is 0 Å². The van der Waals surface area contributed by atoms with Gasteiger partial charge in [-0.1, -0.05) is 30.3 Å². The number of nitrogens with zero attached hydrogens (tertiary/aromatic N) is 4. The molecule has 4 N–H and O–H groups in total. The Hall–Kier alpha value is -4.80. The largest absolute Gasteiger partial charge is 0.478 e. The average molecular weight is 653 g/mol. The number of rotatable bonds is 9. The number of aromatic nitrogens is 1. The second-order valence-corrected chi connectivity index (χ2v) is 9.92. The first-order valence-electron chi connectivity index (χ1n) is 13.9. The molecule has 2 aromatic rings. The quantitative estimate of drug-likeness (QED) is 0.291. The summed E-state index contributed by atoms with van der Waals surface area (Å²) in [6.07, 6.45) is -1.02. The predicted molar refractivity (Wildman–Crippen MR) is 158 cm³/mol. The zero-order chi connectivity index (χ0) is 34.1. The van der Waals surface area contributed by atoms with Crippen LogP contribution in [0.4, 0.5) is 19.0 Å². The van der Waals surface area contributed by atoms with Crippen LogP contribution in [0.1, 0.15) is 11.1 Å². The van der Waals surface area contributed by atoms with E-state index in [0.717, 1.165) is 71.2 Å². The normalized spacial score (nSPS) is 17.5. The number of hydrogen-bond donors (Lipinski definition) is 4. The van der Waals surface area contributed by atoms with E-state index in [4.69, 9.17) is 25.2 Å². The van der Waals surface area contributed by atoms with Crippen LogP contribution >= 0.6 is 0 Å². The third-order valence-electron chi connectivity index (χ3n) is 6.44. The van der Waals surface area contributed by atoms with Crippen LogP contribution < -0.4 is 4.90 Å². The molecule has 13 nitrogen and oxygen atoms in total. The first-order chi connectivity index (χ1) is 21.7. The fraction of sp³-hybridized carbons (Fsp3) is 0.367. The number of carboxylic acid groups (broad SMARTS) is 4. The topological polar surface area (TPSA) is 181 Å². The number of alkyl halides is 3. The second-order valence-electron chi connectivity index (χ2n) is 9.92. The van der Waals surface area contributed by atoms with Gasteiger partial charge in [-0.2, -0.15) is 13.2 Å². The zero-order valence-electron chi connectivity index (χ0n) is 24.6. The van der Waals surface area contributed by atoms with Crippen molar-refractivity contribution in [1.82, 2.24) is 14.8 Å². The summed E-state index contributed by atoms with van der Waals surface area (Å²) in [5, 5.41) is 31.2. The lowest BCUT2D eigenvalue weighted by atomic mass is 10.1. The molecule has 4 rings (SSSR count). The van der Waals surface area contributed by atoms with Gasteiger partial charge in [0.15, 0.2) is 0 Å². The second kappa shape index (κ2) is 18.9. The summed E-state index contributed by atoms with van der Waals surface area (Å²) in [6.45, 7) is 7.61. The Morgan fingerprint density at radius 3 is 1.78 bits per heavy atom. The molecule has 0 amide bonds. The molecule has 46 heavy (non-hydrogen) atoms. The van der Waals surface area contributed by atoms with Crippen molar-refractivity contribution in [3.8, 4) is 0 Å². The van der Waals surface area contributed by atoms with Crippen LogP contribution in [0.15, 0.2) is 73.0 Å². The van der Waals surface area contributed by atoms with Gasteiger partial charge in [-0.3, -0.25) is 9.80 Å². The molecule has 0 radical (unpaired) electrons. The van der Waals surface area contributed by atoms with Crippen LogP contribution in [-0.2, 0) is 36.6 Å². The number of carboxylic acids is 4. The summed E-state index contributed by atoms with van der Waals surface area (Å²) in [5.41, 5.74) is 0.607. The number of piperazine rings is 1. The highest BCUT2D eigenvalue weighted by Gasteiger charge is 2.31. The van der Waals surface area contributed by atoms with Crippen LogP contribution in [0.2, 0.25) is 0 Å². The minimum atomic E-state index is -4.35. The lowest BCUT2D eigenvalue weighted by Gasteiger charge is -2.39. The molecule has 2 aliphatic heterocycles. The third kappa shape index (κ3) is 15.3. The molecule has 2 saturated heterocycles. The summed E-state index contributed by atoms with van der Waals surface area (Å²) >= 11 is 0. The van der Waals surface area contributed by atoms with Crippen LogP contribution in [-0.4, -0.2) is 118 Å². The maximum absolute atomic E-state index is 12.7. The zero-order valence-corrected chi connectivity index (χ0v) is 24.6. The standard InChI is InChI=1S/C22H27F3N4O.2C4H4O4/c23-22(24,25)19-6-7-21(26-14-19)29-10-8-27(9-11-29)16-20-17-28(12-13-30-20)15-18-4-2-1-3-5-18;2*5-3(6)1-2-4(7)8/h1-7,14,20H,8-13,15-17H2;2*1-2H,(H,5,6)(H,7,8)/b;2*2-1+. The van der Waals surface area contributed by atoms with Gasteiger partial charge in [-0.25, -0.2) is 24.2 Å². The van der Waals surface area contributed by atoms with Gasteiger partial charge in [-0.15, -0.1) is 0 Å². The van der Waals surface area contributed by atoms with E-state index in [9.17, 15) is 32.3 Å². The smallest absolute Gasteiger partial charge is 0.417 e. The van der Waals surface area contributed by atoms with Crippen LogP contribution in [0.5, 0.6) is 0 Å². The lowest BCUT2D eigenvalue weighted by molar-refractivity contribution is -0.138. The fourth-order valence-electron chi connectivity index (χ4n) is 4.35. The molecule has 250 valence electrons. The van der Waals surface area contributed by atoms with Crippen LogP contribution in [0.25, 0.3) is 0 Å². The Kier molecular flexibility index (Phi) is 15.3. The van der Waals surface area contributed by atoms with Crippen molar-refractivity contribution >= 4 is 29.7 Å². The molecule has 0 saturated carbocycles. The Morgan fingerprint density at radius 1 is 0.783 bits per heavy atom. The monoisotopic (exact) mass is 652 g/mol. The number of anilines is 1. The molecule has 3 heterocycles. The van der Waals surface area contributed by atoms with Crippen molar-refractivity contribution in [2.24, 2.45) is 0 Å². The van der Waals surface area contributed by atoms with E-state index in [-0.39, 0.29) is 6.10 Å². The van der Waals surface area contributed by atoms with Gasteiger partial charge in [0.1, 0.15) is 5.82 Å². The Bertz CT molecular complexity index is 1270. The first-order valence-corrected chi connectivity index (χ1v) is 13.9. The number of pyridine rings is 1. The van der Waals surface area contributed by atoms with Crippen LogP contribution in [0, 0.1) is 0 Å². The number of halogens is 3. The van der Waals surface area contributed by atoms with E-state index < -0.39 is 35.6 Å². The highest BCUT2D eigenvalue weighted by atomic mass is 19.4. The molecule has 2 fully saturated rings. The Balaban J connectivity index is 0.000000381. The van der Waals surface area contributed by atoms with Crippen molar-refractivity contribution in [1.29, 1.82) is 0 Å². The number of benzene rings is 1. The minimum Gasteiger partial charge on any atom is -0.478 e. The molecule has 1 aromatic carbocycles. The molecule has 0 spiro atoms.